The number of aliphatic carboxylic acids is 1. The first-order chi connectivity index (χ1) is 7.49. The average Bonchev–Trinajstić information content (AvgIpc) is 2.58. The van der Waals surface area contributed by atoms with Crippen molar-refractivity contribution in [3.05, 3.63) is 35.4 Å². The zero-order valence-electron chi connectivity index (χ0n) is 9.18. The van der Waals surface area contributed by atoms with E-state index in [-0.39, 0.29) is 6.54 Å². The number of carboxylic acid groups (broad SMARTS) is 1. The van der Waals surface area contributed by atoms with E-state index in [1.165, 1.54) is 18.1 Å². The number of hydrogen-bond acceptors (Lipinski definition) is 3. The number of carboxylic acids is 1. The van der Waals surface area contributed by atoms with Crippen molar-refractivity contribution in [3.63, 3.8) is 0 Å². The van der Waals surface area contributed by atoms with E-state index in [0.29, 0.717) is 13.1 Å². The van der Waals surface area contributed by atoms with Crippen LogP contribution < -0.4 is 0 Å². The molecule has 0 aromatic heterocycles. The Morgan fingerprint density at radius 3 is 2.31 bits per heavy atom. The SMILES string of the molecule is C[C@@](O)(CN1Cc2ccccc2C1)C(=O)O. The van der Waals surface area contributed by atoms with Gasteiger partial charge in [0.05, 0.1) is 0 Å². The molecule has 0 saturated carbocycles. The van der Waals surface area contributed by atoms with Crippen LogP contribution in [0.1, 0.15) is 18.1 Å². The third-order valence-electron chi connectivity index (χ3n) is 2.90. The van der Waals surface area contributed by atoms with Gasteiger partial charge in [-0.3, -0.25) is 4.90 Å². The van der Waals surface area contributed by atoms with E-state index in [1.807, 2.05) is 29.2 Å². The summed E-state index contributed by atoms with van der Waals surface area (Å²) in [6, 6.07) is 8.00. The van der Waals surface area contributed by atoms with Gasteiger partial charge >= 0.3 is 5.97 Å². The number of carbonyl (C=O) groups is 1. The zero-order valence-corrected chi connectivity index (χ0v) is 9.18. The van der Waals surface area contributed by atoms with Gasteiger partial charge in [0.25, 0.3) is 0 Å². The van der Waals surface area contributed by atoms with Crippen molar-refractivity contribution in [2.75, 3.05) is 6.54 Å². The molecule has 16 heavy (non-hydrogen) atoms. The highest BCUT2D eigenvalue weighted by Gasteiger charge is 2.34. The van der Waals surface area contributed by atoms with Gasteiger partial charge in [-0.25, -0.2) is 4.79 Å². The highest BCUT2D eigenvalue weighted by Crippen LogP contribution is 2.23. The first kappa shape index (κ1) is 11.1. The van der Waals surface area contributed by atoms with Crippen LogP contribution in [0.5, 0.6) is 0 Å². The molecule has 1 aliphatic heterocycles. The van der Waals surface area contributed by atoms with Crippen LogP contribution in [0.2, 0.25) is 0 Å². The van der Waals surface area contributed by atoms with E-state index < -0.39 is 11.6 Å². The summed E-state index contributed by atoms with van der Waals surface area (Å²) in [5, 5.41) is 18.5. The highest BCUT2D eigenvalue weighted by atomic mass is 16.4. The van der Waals surface area contributed by atoms with E-state index in [9.17, 15) is 9.90 Å². The van der Waals surface area contributed by atoms with Crippen LogP contribution in [0, 0.1) is 0 Å². The van der Waals surface area contributed by atoms with Crippen LogP contribution in [-0.4, -0.2) is 33.2 Å². The second-order valence-electron chi connectivity index (χ2n) is 4.49. The minimum atomic E-state index is -1.68. The Labute approximate surface area is 94.1 Å². The van der Waals surface area contributed by atoms with Crippen LogP contribution in [0.4, 0.5) is 0 Å². The van der Waals surface area contributed by atoms with E-state index >= 15 is 0 Å². The van der Waals surface area contributed by atoms with E-state index in [0.717, 1.165) is 0 Å². The fourth-order valence-corrected chi connectivity index (χ4v) is 2.02. The lowest BCUT2D eigenvalue weighted by molar-refractivity contribution is -0.158. The van der Waals surface area contributed by atoms with Crippen LogP contribution in [0.3, 0.4) is 0 Å². The summed E-state index contributed by atoms with van der Waals surface area (Å²) >= 11 is 0. The van der Waals surface area contributed by atoms with Crippen LogP contribution in [0.25, 0.3) is 0 Å². The molecule has 4 nitrogen and oxygen atoms in total. The third-order valence-corrected chi connectivity index (χ3v) is 2.90. The molecule has 1 aromatic carbocycles. The lowest BCUT2D eigenvalue weighted by atomic mass is 10.1. The number of benzene rings is 1. The first-order valence-electron chi connectivity index (χ1n) is 5.24. The first-order valence-corrected chi connectivity index (χ1v) is 5.24. The number of β-amino-alcohol motifs (C(OH)–C–C–N with tert-alkyl or cyclic N) is 1. The van der Waals surface area contributed by atoms with Crippen molar-refractivity contribution < 1.29 is 15.0 Å². The summed E-state index contributed by atoms with van der Waals surface area (Å²) < 4.78 is 0. The summed E-state index contributed by atoms with van der Waals surface area (Å²) in [4.78, 5) is 12.7. The van der Waals surface area contributed by atoms with Crippen molar-refractivity contribution in [3.8, 4) is 0 Å². The van der Waals surface area contributed by atoms with Gasteiger partial charge in [0.1, 0.15) is 0 Å². The Balaban J connectivity index is 2.05. The Morgan fingerprint density at radius 2 is 1.88 bits per heavy atom. The maximum absolute atomic E-state index is 10.8. The standard InChI is InChI=1S/C12H15NO3/c1-12(16,11(14)15)8-13-6-9-4-2-3-5-10(9)7-13/h2-5,16H,6-8H2,1H3,(H,14,15)/t12-/m1/s1. The molecular weight excluding hydrogens is 206 g/mol. The van der Waals surface area contributed by atoms with Gasteiger partial charge in [0.2, 0.25) is 0 Å². The molecule has 4 heteroatoms. The van der Waals surface area contributed by atoms with Crippen LogP contribution in [-0.2, 0) is 17.9 Å². The van der Waals surface area contributed by atoms with E-state index in [1.54, 1.807) is 0 Å². The second-order valence-corrected chi connectivity index (χ2v) is 4.49. The predicted octanol–water partition coefficient (Wildman–Crippen LogP) is 0.838. The van der Waals surface area contributed by atoms with Crippen molar-refractivity contribution in [2.45, 2.75) is 25.6 Å². The molecule has 0 bridgehead atoms. The average molecular weight is 221 g/mol. The quantitative estimate of drug-likeness (QED) is 0.794. The number of aliphatic hydroxyl groups is 1. The lowest BCUT2D eigenvalue weighted by Crippen LogP contribution is -2.45. The van der Waals surface area contributed by atoms with Gasteiger partial charge in [-0.15, -0.1) is 0 Å². The topological polar surface area (TPSA) is 60.8 Å². The molecule has 2 N–H and O–H groups in total. The van der Waals surface area contributed by atoms with Crippen LogP contribution in [0.15, 0.2) is 24.3 Å². The Bertz CT molecular complexity index is 389. The Kier molecular flexibility index (Phi) is 2.69. The zero-order chi connectivity index (χ0) is 11.8. The molecular formula is C12H15NO3. The van der Waals surface area contributed by atoms with Crippen LogP contribution >= 0.6 is 0 Å². The molecule has 0 saturated heterocycles. The molecule has 0 fully saturated rings. The molecule has 0 radical (unpaired) electrons. The molecule has 0 spiro atoms. The summed E-state index contributed by atoms with van der Waals surface area (Å²) in [5.41, 5.74) is 0.745. The summed E-state index contributed by atoms with van der Waals surface area (Å²) in [5.74, 6) is -1.18. The molecule has 1 aromatic rings. The molecule has 0 aliphatic carbocycles. The number of fused-ring (bicyclic) bond motifs is 1. The second kappa shape index (κ2) is 3.88. The third kappa shape index (κ3) is 2.08. The van der Waals surface area contributed by atoms with Gasteiger partial charge in [-0.05, 0) is 18.1 Å². The van der Waals surface area contributed by atoms with Crippen molar-refractivity contribution >= 4 is 5.97 Å². The number of hydrogen-bond donors (Lipinski definition) is 2. The molecule has 86 valence electrons. The van der Waals surface area contributed by atoms with Gasteiger partial charge in [-0.2, -0.15) is 0 Å². The molecule has 2 rings (SSSR count). The molecule has 1 atom stereocenters. The van der Waals surface area contributed by atoms with E-state index in [4.69, 9.17) is 5.11 Å². The van der Waals surface area contributed by atoms with Crippen molar-refractivity contribution in [2.24, 2.45) is 0 Å². The van der Waals surface area contributed by atoms with Gasteiger partial charge < -0.3 is 10.2 Å². The smallest absolute Gasteiger partial charge is 0.336 e. The maximum Gasteiger partial charge on any atom is 0.336 e. The minimum Gasteiger partial charge on any atom is -0.479 e. The summed E-state index contributed by atoms with van der Waals surface area (Å²) in [6.07, 6.45) is 0. The fraction of sp³-hybridized carbons (Fsp3) is 0.417. The van der Waals surface area contributed by atoms with Gasteiger partial charge in [0, 0.05) is 19.6 Å². The number of rotatable bonds is 3. The minimum absolute atomic E-state index is 0.150. The lowest BCUT2D eigenvalue weighted by Gasteiger charge is -2.24. The van der Waals surface area contributed by atoms with Gasteiger partial charge in [-0.1, -0.05) is 24.3 Å². The Hall–Kier alpha value is -1.39. The molecule has 1 heterocycles. The molecule has 1 aliphatic rings. The van der Waals surface area contributed by atoms with E-state index in [2.05, 4.69) is 0 Å². The van der Waals surface area contributed by atoms with Crippen molar-refractivity contribution in [1.82, 2.24) is 4.90 Å². The summed E-state index contributed by atoms with van der Waals surface area (Å²) in [7, 11) is 0. The summed E-state index contributed by atoms with van der Waals surface area (Å²) in [6.45, 7) is 2.90. The van der Waals surface area contributed by atoms with Gasteiger partial charge in [0.15, 0.2) is 5.60 Å². The molecule has 0 unspecified atom stereocenters. The highest BCUT2D eigenvalue weighted by molar-refractivity contribution is 5.76. The normalized spacial score (nSPS) is 19.1. The Morgan fingerprint density at radius 1 is 1.38 bits per heavy atom. The fourth-order valence-electron chi connectivity index (χ4n) is 2.02. The predicted molar refractivity (Wildman–Crippen MR) is 58.8 cm³/mol. The molecule has 0 amide bonds. The van der Waals surface area contributed by atoms with Crippen molar-refractivity contribution in [1.29, 1.82) is 0 Å². The maximum atomic E-state index is 10.8. The number of nitrogens with zero attached hydrogens (tertiary/aromatic N) is 1. The largest absolute Gasteiger partial charge is 0.479 e. The monoisotopic (exact) mass is 221 g/mol.